The summed E-state index contributed by atoms with van der Waals surface area (Å²) < 4.78 is 27.2. The highest BCUT2D eigenvalue weighted by Gasteiger charge is 2.34. The first-order chi connectivity index (χ1) is 13.1. The molecular weight excluding hydrogens is 382 g/mol. The van der Waals surface area contributed by atoms with E-state index in [0.717, 1.165) is 25.2 Å². The fourth-order valence-electron chi connectivity index (χ4n) is 3.59. The number of oxime groups is 1. The number of rotatable bonds is 4. The molecule has 0 spiro atoms. The molecule has 27 heavy (non-hydrogen) atoms. The van der Waals surface area contributed by atoms with Gasteiger partial charge < -0.3 is 4.84 Å². The lowest BCUT2D eigenvalue weighted by Crippen LogP contribution is -2.32. The minimum atomic E-state index is -3.61. The third kappa shape index (κ3) is 3.49. The van der Waals surface area contributed by atoms with Crippen LogP contribution in [0.15, 0.2) is 45.1 Å². The number of benzene rings is 1. The summed E-state index contributed by atoms with van der Waals surface area (Å²) in [7, 11) is -2.03. The first kappa shape index (κ1) is 18.5. The molecule has 3 heterocycles. The van der Waals surface area contributed by atoms with Crippen molar-refractivity contribution >= 4 is 32.8 Å². The summed E-state index contributed by atoms with van der Waals surface area (Å²) in [6.45, 7) is 3.56. The second-order valence-electron chi connectivity index (χ2n) is 6.81. The summed E-state index contributed by atoms with van der Waals surface area (Å²) in [5.74, 6) is 0. The van der Waals surface area contributed by atoms with Gasteiger partial charge in [-0.1, -0.05) is 29.8 Å². The van der Waals surface area contributed by atoms with Crippen molar-refractivity contribution in [3.05, 3.63) is 46.2 Å². The van der Waals surface area contributed by atoms with Gasteiger partial charge in [-0.25, -0.2) is 8.42 Å². The molecule has 0 saturated carbocycles. The molecule has 1 saturated heterocycles. The Labute approximate surface area is 164 Å². The monoisotopic (exact) mass is 405 g/mol. The van der Waals surface area contributed by atoms with Crippen molar-refractivity contribution < 1.29 is 13.3 Å². The average Bonchev–Trinajstić information content (AvgIpc) is 3.16. The van der Waals surface area contributed by atoms with Gasteiger partial charge in [0.2, 0.25) is 0 Å². The molecule has 0 bridgehead atoms. The predicted octanol–water partition coefficient (Wildman–Crippen LogP) is 3.14. The molecular formula is C19H23N3O3S2. The van der Waals surface area contributed by atoms with Crippen molar-refractivity contribution in [3.8, 4) is 0 Å². The number of anilines is 1. The third-order valence-corrected chi connectivity index (χ3v) is 7.83. The first-order valence-electron chi connectivity index (χ1n) is 9.16. The maximum Gasteiger partial charge on any atom is 0.265 e. The Kier molecular flexibility index (Phi) is 5.21. The average molecular weight is 406 g/mol. The molecule has 0 amide bonds. The lowest BCUT2D eigenvalue weighted by molar-refractivity contribution is 0.103. The molecule has 0 atom stereocenters. The zero-order valence-corrected chi connectivity index (χ0v) is 16.9. The molecule has 1 aromatic carbocycles. The summed E-state index contributed by atoms with van der Waals surface area (Å²) in [5.41, 5.74) is 2.55. The Morgan fingerprint density at radius 2 is 1.89 bits per heavy atom. The van der Waals surface area contributed by atoms with Crippen molar-refractivity contribution in [2.75, 3.05) is 37.6 Å². The van der Waals surface area contributed by atoms with Gasteiger partial charge in [0.25, 0.3) is 10.0 Å². The second kappa shape index (κ2) is 7.61. The number of hydrogen-bond donors (Lipinski definition) is 0. The van der Waals surface area contributed by atoms with Crippen LogP contribution in [0.2, 0.25) is 0 Å². The van der Waals surface area contributed by atoms with Gasteiger partial charge in [0.15, 0.2) is 0 Å². The zero-order chi connectivity index (χ0) is 18.9. The number of thiophene rings is 1. The largest absolute Gasteiger partial charge is 0.394 e. The smallest absolute Gasteiger partial charge is 0.265 e. The number of piperidine rings is 1. The molecule has 4 rings (SSSR count). The van der Waals surface area contributed by atoms with Crippen LogP contribution in [0, 0.1) is 0 Å². The fraction of sp³-hybridized carbons (Fsp3) is 0.421. The van der Waals surface area contributed by atoms with Gasteiger partial charge in [0.1, 0.15) is 17.2 Å². The predicted molar refractivity (Wildman–Crippen MR) is 108 cm³/mol. The summed E-state index contributed by atoms with van der Waals surface area (Å²) in [6, 6.07) is 7.41. The first-order valence-corrected chi connectivity index (χ1v) is 11.5. The number of fused-ring (bicyclic) bond motifs is 2. The van der Waals surface area contributed by atoms with Crippen LogP contribution < -0.4 is 4.31 Å². The fourth-order valence-corrected chi connectivity index (χ4v) is 6.16. The Morgan fingerprint density at radius 3 is 2.70 bits per heavy atom. The highest BCUT2D eigenvalue weighted by Crippen LogP contribution is 2.36. The lowest BCUT2D eigenvalue weighted by Gasteiger charge is -2.25. The number of hydrogen-bond acceptors (Lipinski definition) is 6. The topological polar surface area (TPSA) is 62.2 Å². The summed E-state index contributed by atoms with van der Waals surface area (Å²) in [5, 5.41) is 7.88. The van der Waals surface area contributed by atoms with E-state index in [-0.39, 0.29) is 4.90 Å². The maximum absolute atomic E-state index is 13.0. The van der Waals surface area contributed by atoms with Gasteiger partial charge in [0, 0.05) is 35.5 Å². The van der Waals surface area contributed by atoms with Crippen molar-refractivity contribution in [3.63, 3.8) is 0 Å². The van der Waals surface area contributed by atoms with E-state index in [9.17, 15) is 8.42 Å². The van der Waals surface area contributed by atoms with E-state index in [1.54, 1.807) is 18.5 Å². The van der Waals surface area contributed by atoms with Crippen LogP contribution in [-0.4, -0.2) is 52.3 Å². The van der Waals surface area contributed by atoms with Crippen LogP contribution in [0.4, 0.5) is 5.69 Å². The van der Waals surface area contributed by atoms with Gasteiger partial charge >= 0.3 is 0 Å². The molecule has 0 radical (unpaired) electrons. The van der Waals surface area contributed by atoms with E-state index in [0.29, 0.717) is 23.6 Å². The summed E-state index contributed by atoms with van der Waals surface area (Å²) >= 11 is 1.36. The van der Waals surface area contributed by atoms with Crippen molar-refractivity contribution in [1.82, 2.24) is 4.90 Å². The highest BCUT2D eigenvalue weighted by molar-refractivity contribution is 7.93. The maximum atomic E-state index is 13.0. The molecule has 2 aliphatic rings. The second-order valence-corrected chi connectivity index (χ2v) is 9.50. The number of sulfonamides is 1. The lowest BCUT2D eigenvalue weighted by atomic mass is 10.0. The van der Waals surface area contributed by atoms with E-state index in [1.807, 2.05) is 23.6 Å². The Morgan fingerprint density at radius 1 is 1.11 bits per heavy atom. The van der Waals surface area contributed by atoms with E-state index < -0.39 is 10.0 Å². The minimum absolute atomic E-state index is 0.282. The van der Waals surface area contributed by atoms with E-state index in [4.69, 9.17) is 4.84 Å². The van der Waals surface area contributed by atoms with Gasteiger partial charge in [-0.05, 0) is 32.0 Å². The van der Waals surface area contributed by atoms with Crippen molar-refractivity contribution in [1.29, 1.82) is 0 Å². The van der Waals surface area contributed by atoms with E-state index in [2.05, 4.69) is 10.1 Å². The van der Waals surface area contributed by atoms with Crippen LogP contribution in [-0.2, 0) is 14.9 Å². The number of para-hydroxylation sites is 1. The van der Waals surface area contributed by atoms with Crippen LogP contribution >= 0.6 is 11.3 Å². The van der Waals surface area contributed by atoms with Gasteiger partial charge in [-0.3, -0.25) is 9.21 Å². The molecule has 0 aliphatic carbocycles. The molecule has 8 heteroatoms. The van der Waals surface area contributed by atoms with Gasteiger partial charge in [-0.2, -0.15) is 11.3 Å². The number of likely N-dealkylation sites (tertiary alicyclic amines) is 1. The van der Waals surface area contributed by atoms with Crippen molar-refractivity contribution in [2.24, 2.45) is 5.16 Å². The van der Waals surface area contributed by atoms with Crippen LogP contribution in [0.25, 0.3) is 0 Å². The van der Waals surface area contributed by atoms with Gasteiger partial charge in [0.05, 0.1) is 5.69 Å². The molecule has 2 aromatic rings. The molecule has 6 nitrogen and oxygen atoms in total. The summed E-state index contributed by atoms with van der Waals surface area (Å²) in [4.78, 5) is 8.33. The zero-order valence-electron chi connectivity index (χ0n) is 15.3. The van der Waals surface area contributed by atoms with Crippen LogP contribution in [0.1, 0.15) is 30.4 Å². The molecule has 144 valence electrons. The Hall–Kier alpha value is -1.90. The number of nitrogens with zero attached hydrogens (tertiary/aromatic N) is 3. The molecule has 1 fully saturated rings. The normalized spacial score (nSPS) is 20.8. The highest BCUT2D eigenvalue weighted by atomic mass is 32.2. The van der Waals surface area contributed by atoms with E-state index in [1.165, 1.54) is 34.9 Å². The Balaban J connectivity index is 1.65. The van der Waals surface area contributed by atoms with Crippen LogP contribution in [0.5, 0.6) is 0 Å². The molecule has 1 aromatic heterocycles. The van der Waals surface area contributed by atoms with E-state index >= 15 is 0 Å². The standard InChI is InChI=1S/C19H23N3O3S2/c1-21-17-8-4-3-7-15(17)19(16-13-26-14-18(16)27(21,23)24)20-25-12-11-22-9-5-2-6-10-22/h3-4,7-8,13-14H,2,5-6,9-12H2,1H3/b20-19+. The summed E-state index contributed by atoms with van der Waals surface area (Å²) in [6.07, 6.45) is 3.79. The van der Waals surface area contributed by atoms with Crippen molar-refractivity contribution in [2.45, 2.75) is 24.2 Å². The quantitative estimate of drug-likeness (QED) is 0.579. The molecule has 0 unspecified atom stereocenters. The molecule has 0 N–H and O–H groups in total. The van der Waals surface area contributed by atoms with Gasteiger partial charge in [-0.15, -0.1) is 0 Å². The minimum Gasteiger partial charge on any atom is -0.394 e. The molecule has 2 aliphatic heterocycles. The SMILES string of the molecule is CN1c2ccccc2/C(=N\OCCN2CCCCC2)c2cscc2S1(=O)=O. The van der Waals surface area contributed by atoms with Crippen LogP contribution in [0.3, 0.4) is 0 Å². The Bertz CT molecular complexity index is 947. The third-order valence-electron chi connectivity index (χ3n) is 5.12.